The second-order valence-corrected chi connectivity index (χ2v) is 23.3. The standard InChI is InChI=1S/C44H57N3O9Si/c1-11-45-35-29-22-28-21-27-20-26(30-18-15-19-47(30)8)23-31(53-41(51)54-42(2,3)4)32(27)36(48)33(28)38(49)44(29,56-57(9,10)43(5,6)7)39(50)34-37(35)55-46-40(34)52-24-25-16-13-12-14-17-25/h12-14,16-17,20,23,28-30,35,45,48H,11,15,18-19,21-22,24H2,1-10H3/t28-,29-,30?,35-,44-/m0/s1. The van der Waals surface area contributed by atoms with Crippen molar-refractivity contribution in [3.05, 3.63) is 81.6 Å². The van der Waals surface area contributed by atoms with E-state index in [0.717, 1.165) is 36.1 Å². The Bertz CT molecular complexity index is 2100. The quantitative estimate of drug-likeness (QED) is 0.0923. The number of aliphatic hydroxyl groups excluding tert-OH is 1. The number of hydrogen-bond acceptors (Lipinski definition) is 12. The van der Waals surface area contributed by atoms with Gasteiger partial charge in [-0.2, -0.15) is 0 Å². The number of hydrogen-bond donors (Lipinski definition) is 2. The Morgan fingerprint density at radius 2 is 1.79 bits per heavy atom. The summed E-state index contributed by atoms with van der Waals surface area (Å²) in [7, 11) is -0.857. The number of likely N-dealkylation sites (tertiary alicyclic amines) is 1. The first-order valence-corrected chi connectivity index (χ1v) is 23.1. The molecule has 0 radical (unpaired) electrons. The molecule has 0 spiro atoms. The lowest BCUT2D eigenvalue weighted by molar-refractivity contribution is -0.138. The first-order valence-electron chi connectivity index (χ1n) is 20.2. The Balaban J connectivity index is 1.41. The van der Waals surface area contributed by atoms with Crippen molar-refractivity contribution in [3.8, 4) is 11.6 Å². The molecule has 1 aliphatic heterocycles. The summed E-state index contributed by atoms with van der Waals surface area (Å²) in [4.78, 5) is 46.8. The second-order valence-electron chi connectivity index (χ2n) is 18.6. The molecular weight excluding hydrogens is 743 g/mol. The Morgan fingerprint density at radius 1 is 1.07 bits per heavy atom. The van der Waals surface area contributed by atoms with E-state index in [1.165, 1.54) is 0 Å². The van der Waals surface area contributed by atoms with Crippen LogP contribution in [-0.2, 0) is 27.0 Å². The van der Waals surface area contributed by atoms with E-state index < -0.39 is 60.2 Å². The minimum atomic E-state index is -2.93. The number of nitrogens with zero attached hydrogens (tertiary/aromatic N) is 2. The molecule has 4 aliphatic rings. The van der Waals surface area contributed by atoms with Crippen molar-refractivity contribution in [1.82, 2.24) is 15.4 Å². The molecule has 3 aliphatic carbocycles. The van der Waals surface area contributed by atoms with Crippen molar-refractivity contribution in [2.45, 2.75) is 122 Å². The molecule has 1 saturated carbocycles. The van der Waals surface area contributed by atoms with E-state index >= 15 is 9.59 Å². The van der Waals surface area contributed by atoms with Gasteiger partial charge in [-0.1, -0.05) is 64.1 Å². The highest BCUT2D eigenvalue weighted by molar-refractivity contribution is 6.74. The molecule has 0 amide bonds. The first-order chi connectivity index (χ1) is 26.8. The monoisotopic (exact) mass is 799 g/mol. The highest BCUT2D eigenvalue weighted by Gasteiger charge is 2.68. The van der Waals surface area contributed by atoms with Gasteiger partial charge in [-0.15, -0.1) is 0 Å². The van der Waals surface area contributed by atoms with E-state index in [4.69, 9.17) is 23.2 Å². The predicted octanol–water partition coefficient (Wildman–Crippen LogP) is 8.67. The summed E-state index contributed by atoms with van der Waals surface area (Å²) < 4.78 is 30.9. The van der Waals surface area contributed by atoms with Gasteiger partial charge >= 0.3 is 6.16 Å². The molecule has 57 heavy (non-hydrogen) atoms. The lowest BCUT2D eigenvalue weighted by atomic mass is 9.57. The molecule has 1 aromatic heterocycles. The van der Waals surface area contributed by atoms with Gasteiger partial charge in [0.15, 0.2) is 19.7 Å². The van der Waals surface area contributed by atoms with Crippen LogP contribution in [0.2, 0.25) is 18.1 Å². The van der Waals surface area contributed by atoms with Crippen LogP contribution in [0.5, 0.6) is 11.6 Å². The van der Waals surface area contributed by atoms with Crippen LogP contribution in [0.25, 0.3) is 5.76 Å². The van der Waals surface area contributed by atoms with Crippen LogP contribution < -0.4 is 14.8 Å². The van der Waals surface area contributed by atoms with Crippen LogP contribution in [0.4, 0.5) is 4.79 Å². The van der Waals surface area contributed by atoms with Crippen molar-refractivity contribution < 1.29 is 42.6 Å². The van der Waals surface area contributed by atoms with Gasteiger partial charge < -0.3 is 33.6 Å². The fourth-order valence-corrected chi connectivity index (χ4v) is 10.3. The molecule has 5 atom stereocenters. The first kappa shape index (κ1) is 40.9. The number of aliphatic hydroxyl groups is 1. The number of benzene rings is 2. The zero-order chi connectivity index (χ0) is 41.2. The van der Waals surface area contributed by atoms with Gasteiger partial charge in [0, 0.05) is 17.5 Å². The van der Waals surface area contributed by atoms with E-state index in [-0.39, 0.29) is 46.7 Å². The maximum atomic E-state index is 15.8. The summed E-state index contributed by atoms with van der Waals surface area (Å²) in [6.45, 7) is 19.0. The van der Waals surface area contributed by atoms with Gasteiger partial charge in [0.05, 0.1) is 11.6 Å². The molecule has 2 fully saturated rings. The van der Waals surface area contributed by atoms with Gasteiger partial charge in [0.25, 0.3) is 5.88 Å². The van der Waals surface area contributed by atoms with Crippen molar-refractivity contribution in [3.63, 3.8) is 0 Å². The number of ether oxygens (including phenoxy) is 3. The number of fused-ring (bicyclic) bond motifs is 4. The molecule has 0 bridgehead atoms. The third kappa shape index (κ3) is 7.25. The summed E-state index contributed by atoms with van der Waals surface area (Å²) in [6.07, 6.45) is 1.71. The predicted molar refractivity (Wildman–Crippen MR) is 217 cm³/mol. The van der Waals surface area contributed by atoms with Gasteiger partial charge in [-0.25, -0.2) is 4.79 Å². The van der Waals surface area contributed by atoms with Gasteiger partial charge in [0.1, 0.15) is 29.3 Å². The Hall–Kier alpha value is -4.30. The average Bonchev–Trinajstić information content (AvgIpc) is 3.75. The molecule has 1 unspecified atom stereocenters. The highest BCUT2D eigenvalue weighted by atomic mass is 28.4. The Labute approximate surface area is 336 Å². The molecule has 2 N–H and O–H groups in total. The number of nitrogens with one attached hydrogen (secondary N) is 1. The number of ketones is 2. The van der Waals surface area contributed by atoms with E-state index in [2.05, 4.69) is 49.3 Å². The van der Waals surface area contributed by atoms with Crippen LogP contribution >= 0.6 is 0 Å². The van der Waals surface area contributed by atoms with Gasteiger partial charge in [-0.3, -0.25) is 14.5 Å². The van der Waals surface area contributed by atoms with E-state index in [0.29, 0.717) is 25.1 Å². The zero-order valence-electron chi connectivity index (χ0n) is 34.9. The number of rotatable bonds is 9. The van der Waals surface area contributed by atoms with Crippen molar-refractivity contribution in [2.24, 2.45) is 11.8 Å². The molecule has 306 valence electrons. The maximum absolute atomic E-state index is 15.8. The third-order valence-corrected chi connectivity index (χ3v) is 16.9. The molecule has 2 aromatic carbocycles. The third-order valence-electron chi connectivity index (χ3n) is 12.5. The summed E-state index contributed by atoms with van der Waals surface area (Å²) in [5.74, 6) is -2.31. The van der Waals surface area contributed by atoms with Crippen molar-refractivity contribution in [2.75, 3.05) is 20.1 Å². The molecular formula is C44H57N3O9Si. The minimum absolute atomic E-state index is 0.0158. The molecule has 7 rings (SSSR count). The van der Waals surface area contributed by atoms with Crippen LogP contribution in [-0.4, -0.2) is 72.5 Å². The smallest absolute Gasteiger partial charge is 0.507 e. The van der Waals surface area contributed by atoms with Gasteiger partial charge in [-0.05, 0) is 119 Å². The normalized spacial score (nSPS) is 25.1. The zero-order valence-corrected chi connectivity index (χ0v) is 35.9. The summed E-state index contributed by atoms with van der Waals surface area (Å²) in [5.41, 5.74) is 0.0937. The maximum Gasteiger partial charge on any atom is 0.514 e. The number of carbonyl (C=O) groups is 3. The fourth-order valence-electron chi connectivity index (χ4n) is 8.84. The number of Topliss-reactive ketones (excluding diaryl/α,β-unsaturated/α-hetero) is 2. The topological polar surface area (TPSA) is 150 Å². The number of carbonyl (C=O) groups excluding carboxylic acids is 3. The van der Waals surface area contributed by atoms with Gasteiger partial charge in [0.2, 0.25) is 11.6 Å². The SMILES string of the molecule is CCN[C@@H]1c2onc(OCc3ccccc3)c2C(=O)[C@@]2(O[Si](C)(C)C(C)(C)C)C(=O)C3=C(O)c4c(cc(C5CCCN5C)cc4OC(=O)OC(C)(C)C)C[C@H]3C[C@@H]12. The summed E-state index contributed by atoms with van der Waals surface area (Å²) in [6, 6.07) is 12.8. The lowest BCUT2D eigenvalue weighted by Gasteiger charge is -2.54. The highest BCUT2D eigenvalue weighted by Crippen LogP contribution is 2.58. The Morgan fingerprint density at radius 3 is 2.42 bits per heavy atom. The second kappa shape index (κ2) is 14.8. The van der Waals surface area contributed by atoms with E-state index in [1.54, 1.807) is 26.8 Å². The summed E-state index contributed by atoms with van der Waals surface area (Å²) in [5, 5.41) is 19.9. The fraction of sp³-hybridized carbons (Fsp3) is 0.545. The van der Waals surface area contributed by atoms with Crippen molar-refractivity contribution in [1.29, 1.82) is 0 Å². The molecule has 2 heterocycles. The Kier molecular flexibility index (Phi) is 10.6. The largest absolute Gasteiger partial charge is 0.514 e. The van der Waals surface area contributed by atoms with Crippen LogP contribution in [0.3, 0.4) is 0 Å². The van der Waals surface area contributed by atoms with E-state index in [1.807, 2.05) is 50.3 Å². The molecule has 3 aromatic rings. The van der Waals surface area contributed by atoms with E-state index in [9.17, 15) is 9.90 Å². The lowest BCUT2D eigenvalue weighted by Crippen LogP contribution is -2.68. The summed E-state index contributed by atoms with van der Waals surface area (Å²) >= 11 is 0. The van der Waals surface area contributed by atoms with Crippen LogP contribution in [0.15, 0.2) is 52.6 Å². The minimum Gasteiger partial charge on any atom is -0.507 e. The molecule has 13 heteroatoms. The molecule has 12 nitrogen and oxygen atoms in total. The van der Waals surface area contributed by atoms with Crippen molar-refractivity contribution >= 4 is 31.8 Å². The van der Waals surface area contributed by atoms with Crippen LogP contribution in [0.1, 0.15) is 118 Å². The molecule has 1 saturated heterocycles. The van der Waals surface area contributed by atoms with Crippen LogP contribution in [0, 0.1) is 11.8 Å². The number of aromatic nitrogens is 1. The average molecular weight is 800 g/mol.